The Morgan fingerprint density at radius 2 is 2.05 bits per heavy atom. The topological polar surface area (TPSA) is 15.3 Å². The third kappa shape index (κ3) is 4.63. The van der Waals surface area contributed by atoms with Crippen LogP contribution in [0.3, 0.4) is 0 Å². The van der Waals surface area contributed by atoms with Crippen LogP contribution in [0.5, 0.6) is 0 Å². The van der Waals surface area contributed by atoms with Gasteiger partial charge >= 0.3 is 0 Å². The van der Waals surface area contributed by atoms with Gasteiger partial charge in [0.1, 0.15) is 0 Å². The van der Waals surface area contributed by atoms with Crippen molar-refractivity contribution in [2.45, 2.75) is 51.6 Å². The van der Waals surface area contributed by atoms with Crippen molar-refractivity contribution in [2.24, 2.45) is 0 Å². The smallest absolute Gasteiger partial charge is 0.0110 e. The van der Waals surface area contributed by atoms with Gasteiger partial charge in [-0.05, 0) is 44.7 Å². The molecule has 2 rings (SSSR count). The second kappa shape index (κ2) is 7.66. The normalized spacial score (nSPS) is 22.9. The summed E-state index contributed by atoms with van der Waals surface area (Å²) in [7, 11) is 0. The molecule has 106 valence electrons. The molecule has 2 nitrogen and oxygen atoms in total. The predicted molar refractivity (Wildman–Crippen MR) is 82.5 cm³/mol. The van der Waals surface area contributed by atoms with E-state index in [2.05, 4.69) is 54.4 Å². The van der Waals surface area contributed by atoms with Gasteiger partial charge in [-0.3, -0.25) is 4.90 Å². The van der Waals surface area contributed by atoms with Crippen molar-refractivity contribution < 1.29 is 0 Å². The van der Waals surface area contributed by atoms with Crippen LogP contribution in [0.4, 0.5) is 0 Å². The molecule has 1 heterocycles. The Morgan fingerprint density at radius 3 is 2.79 bits per heavy atom. The number of nitrogens with one attached hydrogen (secondary N) is 1. The molecule has 1 N–H and O–H groups in total. The summed E-state index contributed by atoms with van der Waals surface area (Å²) >= 11 is 0. The molecule has 1 aromatic carbocycles. The van der Waals surface area contributed by atoms with E-state index < -0.39 is 0 Å². The van der Waals surface area contributed by atoms with Crippen LogP contribution in [0.2, 0.25) is 0 Å². The summed E-state index contributed by atoms with van der Waals surface area (Å²) < 4.78 is 0. The molecule has 1 fully saturated rings. The van der Waals surface area contributed by atoms with Gasteiger partial charge in [-0.15, -0.1) is 0 Å². The first-order valence-corrected chi connectivity index (χ1v) is 7.81. The summed E-state index contributed by atoms with van der Waals surface area (Å²) in [5, 5.41) is 3.65. The van der Waals surface area contributed by atoms with Crippen molar-refractivity contribution >= 4 is 0 Å². The fourth-order valence-corrected chi connectivity index (χ4v) is 2.94. The van der Waals surface area contributed by atoms with Gasteiger partial charge in [-0.1, -0.05) is 37.3 Å². The van der Waals surface area contributed by atoms with E-state index in [1.165, 1.54) is 44.3 Å². The van der Waals surface area contributed by atoms with E-state index in [1.807, 2.05) is 0 Å². The fraction of sp³-hybridized carbons (Fsp3) is 0.647. The predicted octanol–water partition coefficient (Wildman–Crippen LogP) is 3.08. The van der Waals surface area contributed by atoms with Gasteiger partial charge in [0.2, 0.25) is 0 Å². The molecule has 0 radical (unpaired) electrons. The van der Waals surface area contributed by atoms with Crippen LogP contribution >= 0.6 is 0 Å². The Hall–Kier alpha value is -0.860. The van der Waals surface area contributed by atoms with Gasteiger partial charge in [-0.2, -0.15) is 0 Å². The fourth-order valence-electron chi connectivity index (χ4n) is 2.94. The summed E-state index contributed by atoms with van der Waals surface area (Å²) in [5.41, 5.74) is 1.47. The minimum Gasteiger partial charge on any atom is -0.313 e. The molecule has 1 aliphatic heterocycles. The number of benzene rings is 1. The first-order chi connectivity index (χ1) is 9.29. The number of nitrogens with zero attached hydrogens (tertiary/aromatic N) is 1. The average Bonchev–Trinajstić information content (AvgIpc) is 2.71. The Balaban J connectivity index is 1.78. The van der Waals surface area contributed by atoms with Gasteiger partial charge in [0.15, 0.2) is 0 Å². The van der Waals surface area contributed by atoms with E-state index in [1.54, 1.807) is 0 Å². The maximum Gasteiger partial charge on any atom is 0.0110 e. The first-order valence-electron chi connectivity index (χ1n) is 7.81. The van der Waals surface area contributed by atoms with Gasteiger partial charge in [0.05, 0.1) is 0 Å². The standard InChI is InChI=1S/C17H28N2/c1-3-17-11-13-19(14-12-18-17)15(2)9-10-16-7-5-4-6-8-16/h4-8,15,17-18H,3,9-14H2,1-2H3. The molecule has 0 aliphatic carbocycles. The number of rotatable bonds is 5. The summed E-state index contributed by atoms with van der Waals surface area (Å²) in [6.07, 6.45) is 5.02. The number of hydrogen-bond donors (Lipinski definition) is 1. The quantitative estimate of drug-likeness (QED) is 0.875. The van der Waals surface area contributed by atoms with Crippen molar-refractivity contribution in [3.8, 4) is 0 Å². The van der Waals surface area contributed by atoms with Crippen molar-refractivity contribution in [3.63, 3.8) is 0 Å². The molecule has 0 amide bonds. The summed E-state index contributed by atoms with van der Waals surface area (Å²) in [6, 6.07) is 12.3. The molecule has 19 heavy (non-hydrogen) atoms. The molecule has 2 heteroatoms. The summed E-state index contributed by atoms with van der Waals surface area (Å²) in [5.74, 6) is 0. The Labute approximate surface area is 118 Å². The summed E-state index contributed by atoms with van der Waals surface area (Å²) in [4.78, 5) is 2.66. The van der Waals surface area contributed by atoms with Crippen molar-refractivity contribution in [2.75, 3.05) is 19.6 Å². The van der Waals surface area contributed by atoms with Crippen LogP contribution < -0.4 is 5.32 Å². The van der Waals surface area contributed by atoms with Crippen LogP contribution in [0.25, 0.3) is 0 Å². The molecule has 0 spiro atoms. The molecule has 1 saturated heterocycles. The van der Waals surface area contributed by atoms with Crippen LogP contribution in [0.1, 0.15) is 38.7 Å². The molecule has 0 aromatic heterocycles. The van der Waals surface area contributed by atoms with E-state index in [-0.39, 0.29) is 0 Å². The lowest BCUT2D eigenvalue weighted by Crippen LogP contribution is -2.36. The molecule has 0 bridgehead atoms. The Kier molecular flexibility index (Phi) is 5.87. The van der Waals surface area contributed by atoms with Crippen molar-refractivity contribution in [3.05, 3.63) is 35.9 Å². The molecular weight excluding hydrogens is 232 g/mol. The van der Waals surface area contributed by atoms with E-state index in [4.69, 9.17) is 0 Å². The minimum absolute atomic E-state index is 0.692. The first kappa shape index (κ1) is 14.5. The monoisotopic (exact) mass is 260 g/mol. The molecule has 1 aliphatic rings. The van der Waals surface area contributed by atoms with E-state index in [0.717, 1.165) is 12.6 Å². The van der Waals surface area contributed by atoms with Gasteiger partial charge in [0.25, 0.3) is 0 Å². The molecule has 0 saturated carbocycles. The molecular formula is C17H28N2. The highest BCUT2D eigenvalue weighted by atomic mass is 15.2. The molecule has 2 unspecified atom stereocenters. The van der Waals surface area contributed by atoms with E-state index in [9.17, 15) is 0 Å². The third-order valence-electron chi connectivity index (χ3n) is 4.41. The number of hydrogen-bond acceptors (Lipinski definition) is 2. The second-order valence-electron chi connectivity index (χ2n) is 5.76. The SMILES string of the molecule is CCC1CCN(C(C)CCc2ccccc2)CCN1. The van der Waals surface area contributed by atoms with E-state index in [0.29, 0.717) is 6.04 Å². The van der Waals surface area contributed by atoms with E-state index >= 15 is 0 Å². The Bertz CT molecular complexity index is 350. The number of aryl methyl sites for hydroxylation is 1. The maximum atomic E-state index is 3.65. The largest absolute Gasteiger partial charge is 0.313 e. The molecule has 2 atom stereocenters. The zero-order chi connectivity index (χ0) is 13.5. The lowest BCUT2D eigenvalue weighted by Gasteiger charge is -2.27. The highest BCUT2D eigenvalue weighted by Gasteiger charge is 2.18. The van der Waals surface area contributed by atoms with Crippen molar-refractivity contribution in [1.29, 1.82) is 0 Å². The molecule has 1 aromatic rings. The lowest BCUT2D eigenvalue weighted by atomic mass is 10.0. The van der Waals surface area contributed by atoms with Gasteiger partial charge in [0, 0.05) is 25.2 Å². The second-order valence-corrected chi connectivity index (χ2v) is 5.76. The highest BCUT2D eigenvalue weighted by molar-refractivity contribution is 5.14. The lowest BCUT2D eigenvalue weighted by molar-refractivity contribution is 0.211. The van der Waals surface area contributed by atoms with Crippen LogP contribution in [-0.4, -0.2) is 36.6 Å². The maximum absolute atomic E-state index is 3.65. The van der Waals surface area contributed by atoms with Crippen LogP contribution in [0, 0.1) is 0 Å². The average molecular weight is 260 g/mol. The van der Waals surface area contributed by atoms with Gasteiger partial charge < -0.3 is 5.32 Å². The Morgan fingerprint density at radius 1 is 1.26 bits per heavy atom. The third-order valence-corrected chi connectivity index (χ3v) is 4.41. The van der Waals surface area contributed by atoms with Gasteiger partial charge in [-0.25, -0.2) is 0 Å². The zero-order valence-electron chi connectivity index (χ0n) is 12.4. The van der Waals surface area contributed by atoms with Crippen molar-refractivity contribution in [1.82, 2.24) is 10.2 Å². The minimum atomic E-state index is 0.692. The zero-order valence-corrected chi connectivity index (χ0v) is 12.4. The summed E-state index contributed by atoms with van der Waals surface area (Å²) in [6.45, 7) is 8.27. The highest BCUT2D eigenvalue weighted by Crippen LogP contribution is 2.13. The van der Waals surface area contributed by atoms with Crippen LogP contribution in [-0.2, 0) is 6.42 Å². The van der Waals surface area contributed by atoms with Crippen LogP contribution in [0.15, 0.2) is 30.3 Å².